The first-order chi connectivity index (χ1) is 4.86. The fourth-order valence-corrected chi connectivity index (χ4v) is 1.96. The van der Waals surface area contributed by atoms with Crippen molar-refractivity contribution in [2.75, 3.05) is 0 Å². The summed E-state index contributed by atoms with van der Waals surface area (Å²) in [5.41, 5.74) is 1.58. The van der Waals surface area contributed by atoms with E-state index >= 15 is 0 Å². The SMILES string of the molecule is CC1[CH-]C2=CC=CCC2C1.[Ti]. The maximum Gasteiger partial charge on any atom is 0 e. The van der Waals surface area contributed by atoms with Gasteiger partial charge in [-0.15, -0.1) is 12.2 Å². The van der Waals surface area contributed by atoms with Gasteiger partial charge in [-0.2, -0.15) is 0 Å². The zero-order valence-electron chi connectivity index (χ0n) is 6.88. The van der Waals surface area contributed by atoms with Gasteiger partial charge in [0.1, 0.15) is 0 Å². The quantitative estimate of drug-likeness (QED) is 0.398. The summed E-state index contributed by atoms with van der Waals surface area (Å²) in [6.07, 6.45) is 11.8. The van der Waals surface area contributed by atoms with Gasteiger partial charge in [0, 0.05) is 21.7 Å². The summed E-state index contributed by atoms with van der Waals surface area (Å²) in [7, 11) is 0. The topological polar surface area (TPSA) is 0 Å². The average Bonchev–Trinajstić information content (AvgIpc) is 2.27. The van der Waals surface area contributed by atoms with Crippen LogP contribution in [0.25, 0.3) is 0 Å². The summed E-state index contributed by atoms with van der Waals surface area (Å²) >= 11 is 0. The Hall–Kier alpha value is 0.0643. The number of hydrogen-bond donors (Lipinski definition) is 0. The molecule has 0 heterocycles. The van der Waals surface area contributed by atoms with Crippen LogP contribution in [0.4, 0.5) is 0 Å². The Morgan fingerprint density at radius 3 is 3.09 bits per heavy atom. The van der Waals surface area contributed by atoms with Gasteiger partial charge in [-0.05, 0) is 12.3 Å². The van der Waals surface area contributed by atoms with Gasteiger partial charge in [0.25, 0.3) is 0 Å². The standard InChI is InChI=1S/C10H13.Ti/c1-8-6-9-4-2-3-5-10(9)7-8;/h2-4,6,8,10H,5,7H2,1H3;/q-1;. The molecule has 58 valence electrons. The summed E-state index contributed by atoms with van der Waals surface area (Å²) in [5, 5.41) is 0. The van der Waals surface area contributed by atoms with Gasteiger partial charge in [-0.1, -0.05) is 19.3 Å². The average molecular weight is 181 g/mol. The van der Waals surface area contributed by atoms with Crippen LogP contribution >= 0.6 is 0 Å². The predicted octanol–water partition coefficient (Wildman–Crippen LogP) is 2.73. The molecule has 2 rings (SSSR count). The number of hydrogen-bond acceptors (Lipinski definition) is 0. The fraction of sp³-hybridized carbons (Fsp3) is 0.500. The van der Waals surface area contributed by atoms with E-state index in [1.54, 1.807) is 5.57 Å². The zero-order chi connectivity index (χ0) is 6.97. The van der Waals surface area contributed by atoms with Crippen LogP contribution < -0.4 is 0 Å². The third-order valence-corrected chi connectivity index (χ3v) is 2.45. The summed E-state index contributed by atoms with van der Waals surface area (Å²) in [5.74, 6) is 1.68. The van der Waals surface area contributed by atoms with E-state index in [1.807, 2.05) is 0 Å². The molecule has 0 aromatic carbocycles. The van der Waals surface area contributed by atoms with Gasteiger partial charge < -0.3 is 0 Å². The minimum Gasteiger partial charge on any atom is -0.224 e. The molecule has 0 spiro atoms. The third-order valence-electron chi connectivity index (χ3n) is 2.45. The predicted molar refractivity (Wildman–Crippen MR) is 43.4 cm³/mol. The zero-order valence-corrected chi connectivity index (χ0v) is 8.44. The van der Waals surface area contributed by atoms with Gasteiger partial charge in [-0.25, -0.2) is 18.1 Å². The first-order valence-corrected chi connectivity index (χ1v) is 4.08. The van der Waals surface area contributed by atoms with Crippen LogP contribution in [0.5, 0.6) is 0 Å². The molecule has 1 heteroatoms. The Morgan fingerprint density at radius 1 is 1.55 bits per heavy atom. The molecule has 2 aliphatic carbocycles. The normalized spacial score (nSPS) is 33.4. The van der Waals surface area contributed by atoms with E-state index in [4.69, 9.17) is 0 Å². The van der Waals surface area contributed by atoms with Crippen molar-refractivity contribution in [3.8, 4) is 0 Å². The maximum absolute atomic E-state index is 2.41. The smallest absolute Gasteiger partial charge is 0 e. The number of rotatable bonds is 0. The van der Waals surface area contributed by atoms with Crippen molar-refractivity contribution in [1.29, 1.82) is 0 Å². The molecule has 1 fully saturated rings. The largest absolute Gasteiger partial charge is 0.224 e. The minimum atomic E-state index is 0. The molecule has 1 saturated carbocycles. The van der Waals surface area contributed by atoms with E-state index in [0.29, 0.717) is 0 Å². The first-order valence-electron chi connectivity index (χ1n) is 4.08. The van der Waals surface area contributed by atoms with Gasteiger partial charge in [0.2, 0.25) is 0 Å². The summed E-state index contributed by atoms with van der Waals surface area (Å²) < 4.78 is 0. The van der Waals surface area contributed by atoms with Crippen molar-refractivity contribution in [2.24, 2.45) is 11.8 Å². The van der Waals surface area contributed by atoms with Crippen molar-refractivity contribution in [3.63, 3.8) is 0 Å². The van der Waals surface area contributed by atoms with Crippen LogP contribution in [0.2, 0.25) is 0 Å². The van der Waals surface area contributed by atoms with E-state index in [1.165, 1.54) is 12.8 Å². The van der Waals surface area contributed by atoms with Crippen molar-refractivity contribution in [2.45, 2.75) is 19.8 Å². The Bertz CT molecular complexity index is 191. The van der Waals surface area contributed by atoms with Crippen LogP contribution in [-0.2, 0) is 21.7 Å². The fourth-order valence-electron chi connectivity index (χ4n) is 1.96. The molecule has 0 aromatic heterocycles. The third kappa shape index (κ3) is 1.80. The first kappa shape index (κ1) is 9.15. The van der Waals surface area contributed by atoms with Crippen LogP contribution in [-0.4, -0.2) is 0 Å². The molecule has 0 saturated heterocycles. The molecule has 0 N–H and O–H groups in total. The van der Waals surface area contributed by atoms with Crippen LogP contribution in [0.15, 0.2) is 23.8 Å². The van der Waals surface area contributed by atoms with Crippen molar-refractivity contribution in [3.05, 3.63) is 30.2 Å². The Labute approximate surface area is 83.6 Å². The van der Waals surface area contributed by atoms with E-state index in [0.717, 1.165) is 11.8 Å². The van der Waals surface area contributed by atoms with E-state index in [-0.39, 0.29) is 21.7 Å². The second kappa shape index (κ2) is 3.64. The molecule has 0 bridgehead atoms. The van der Waals surface area contributed by atoms with E-state index in [9.17, 15) is 0 Å². The molecule has 2 unspecified atom stereocenters. The number of allylic oxidation sites excluding steroid dienone is 4. The second-order valence-corrected chi connectivity index (χ2v) is 3.41. The molecule has 0 radical (unpaired) electrons. The van der Waals surface area contributed by atoms with Gasteiger partial charge >= 0.3 is 0 Å². The number of fused-ring (bicyclic) bond motifs is 1. The minimum absolute atomic E-state index is 0. The molecule has 11 heavy (non-hydrogen) atoms. The Morgan fingerprint density at radius 2 is 2.36 bits per heavy atom. The van der Waals surface area contributed by atoms with Gasteiger partial charge in [0.05, 0.1) is 0 Å². The summed E-state index contributed by atoms with van der Waals surface area (Å²) in [6, 6.07) is 0. The molecule has 0 nitrogen and oxygen atoms in total. The maximum atomic E-state index is 2.41. The Balaban J connectivity index is 0.000000605. The van der Waals surface area contributed by atoms with E-state index < -0.39 is 0 Å². The monoisotopic (exact) mass is 181 g/mol. The molecular formula is C10H13Ti-. The molecule has 2 atom stereocenters. The van der Waals surface area contributed by atoms with Crippen LogP contribution in [0.3, 0.4) is 0 Å². The summed E-state index contributed by atoms with van der Waals surface area (Å²) in [6.45, 7) is 2.30. The second-order valence-electron chi connectivity index (χ2n) is 3.41. The van der Waals surface area contributed by atoms with Crippen molar-refractivity contribution >= 4 is 0 Å². The van der Waals surface area contributed by atoms with Gasteiger partial charge in [0.15, 0.2) is 0 Å². The molecular weight excluding hydrogens is 168 g/mol. The van der Waals surface area contributed by atoms with Crippen molar-refractivity contribution in [1.82, 2.24) is 0 Å². The van der Waals surface area contributed by atoms with Crippen LogP contribution in [0, 0.1) is 18.3 Å². The molecule has 0 amide bonds. The molecule has 0 aliphatic heterocycles. The van der Waals surface area contributed by atoms with E-state index in [2.05, 4.69) is 31.6 Å². The Kier molecular flexibility index (Phi) is 3.03. The molecule has 0 aromatic rings. The summed E-state index contributed by atoms with van der Waals surface area (Å²) in [4.78, 5) is 0. The van der Waals surface area contributed by atoms with Crippen molar-refractivity contribution < 1.29 is 21.7 Å². The van der Waals surface area contributed by atoms with Gasteiger partial charge in [-0.3, -0.25) is 0 Å². The molecule has 2 aliphatic rings. The van der Waals surface area contributed by atoms with Crippen LogP contribution in [0.1, 0.15) is 19.8 Å².